The monoisotopic (exact) mass is 247 g/mol. The minimum absolute atomic E-state index is 0.190. The third-order valence-corrected chi connectivity index (χ3v) is 3.69. The fraction of sp³-hybridized carbons (Fsp3) is 0.533. The molecular formula is C15H21NO2. The van der Waals surface area contributed by atoms with Crippen molar-refractivity contribution in [3.63, 3.8) is 0 Å². The molecule has 1 aliphatic heterocycles. The van der Waals surface area contributed by atoms with Gasteiger partial charge in [0.25, 0.3) is 0 Å². The molecule has 3 nitrogen and oxygen atoms in total. The molecule has 3 heteroatoms. The van der Waals surface area contributed by atoms with E-state index in [2.05, 4.69) is 4.90 Å². The highest BCUT2D eigenvalue weighted by atomic mass is 16.3. The normalized spacial score (nSPS) is 20.3. The van der Waals surface area contributed by atoms with Crippen molar-refractivity contribution in [3.05, 3.63) is 34.9 Å². The Morgan fingerprint density at radius 2 is 2.22 bits per heavy atom. The van der Waals surface area contributed by atoms with Crippen molar-refractivity contribution < 1.29 is 9.90 Å². The number of carbonyl (C=O) groups is 1. The summed E-state index contributed by atoms with van der Waals surface area (Å²) in [7, 11) is 0. The molecule has 18 heavy (non-hydrogen) atoms. The maximum absolute atomic E-state index is 12.3. The van der Waals surface area contributed by atoms with Crippen LogP contribution in [0.25, 0.3) is 0 Å². The predicted octanol–water partition coefficient (Wildman–Crippen LogP) is 1.80. The summed E-state index contributed by atoms with van der Waals surface area (Å²) in [4.78, 5) is 14.4. The highest BCUT2D eigenvalue weighted by Gasteiger charge is 2.24. The lowest BCUT2D eigenvalue weighted by Crippen LogP contribution is -2.28. The van der Waals surface area contributed by atoms with Gasteiger partial charge in [0.1, 0.15) is 0 Å². The van der Waals surface area contributed by atoms with Crippen LogP contribution in [-0.2, 0) is 0 Å². The smallest absolute Gasteiger partial charge is 0.177 e. The van der Waals surface area contributed by atoms with Gasteiger partial charge in [0.15, 0.2) is 5.78 Å². The van der Waals surface area contributed by atoms with Crippen LogP contribution in [0.5, 0.6) is 0 Å². The van der Waals surface area contributed by atoms with Crippen LogP contribution in [0.15, 0.2) is 18.2 Å². The van der Waals surface area contributed by atoms with Crippen LogP contribution < -0.4 is 0 Å². The van der Waals surface area contributed by atoms with E-state index in [9.17, 15) is 4.79 Å². The Bertz CT molecular complexity index is 442. The maximum atomic E-state index is 12.3. The molecule has 0 bridgehead atoms. The highest BCUT2D eigenvalue weighted by Crippen LogP contribution is 2.17. The van der Waals surface area contributed by atoms with Gasteiger partial charge in [0.05, 0.1) is 6.54 Å². The summed E-state index contributed by atoms with van der Waals surface area (Å²) in [5.74, 6) is 0.534. The average molecular weight is 247 g/mol. The van der Waals surface area contributed by atoms with E-state index in [1.54, 1.807) is 0 Å². The lowest BCUT2D eigenvalue weighted by molar-refractivity contribution is 0.0939. The topological polar surface area (TPSA) is 40.5 Å². The number of benzene rings is 1. The summed E-state index contributed by atoms with van der Waals surface area (Å²) in [6, 6.07) is 6.00. The van der Waals surface area contributed by atoms with Crippen molar-refractivity contribution in [2.45, 2.75) is 20.3 Å². The average Bonchev–Trinajstić information content (AvgIpc) is 2.80. The molecular weight excluding hydrogens is 226 g/mol. The molecule has 1 aromatic rings. The van der Waals surface area contributed by atoms with Crippen LogP contribution in [-0.4, -0.2) is 42.0 Å². The Hall–Kier alpha value is -1.19. The van der Waals surface area contributed by atoms with Crippen molar-refractivity contribution in [2.24, 2.45) is 5.92 Å². The molecule has 0 radical (unpaired) electrons. The predicted molar refractivity (Wildman–Crippen MR) is 71.9 cm³/mol. The van der Waals surface area contributed by atoms with Gasteiger partial charge in [0.2, 0.25) is 0 Å². The lowest BCUT2D eigenvalue weighted by atomic mass is 10.0. The number of aliphatic hydroxyl groups excluding tert-OH is 1. The van der Waals surface area contributed by atoms with E-state index >= 15 is 0 Å². The number of nitrogens with zero attached hydrogens (tertiary/aromatic N) is 1. The van der Waals surface area contributed by atoms with E-state index in [0.717, 1.165) is 36.2 Å². The van der Waals surface area contributed by atoms with Gasteiger partial charge in [0, 0.05) is 18.7 Å². The van der Waals surface area contributed by atoms with Crippen molar-refractivity contribution in [1.29, 1.82) is 0 Å². The molecule has 1 aromatic carbocycles. The van der Waals surface area contributed by atoms with Crippen LogP contribution in [0.3, 0.4) is 0 Å². The van der Waals surface area contributed by atoms with Crippen LogP contribution >= 0.6 is 0 Å². The third-order valence-electron chi connectivity index (χ3n) is 3.69. The Morgan fingerprint density at radius 3 is 2.89 bits per heavy atom. The number of hydrogen-bond acceptors (Lipinski definition) is 3. The minimum Gasteiger partial charge on any atom is -0.396 e. The molecule has 0 spiro atoms. The lowest BCUT2D eigenvalue weighted by Gasteiger charge is -2.15. The number of aliphatic hydroxyl groups is 1. The second-order valence-corrected chi connectivity index (χ2v) is 5.31. The zero-order valence-electron chi connectivity index (χ0n) is 11.1. The van der Waals surface area contributed by atoms with Gasteiger partial charge in [-0.2, -0.15) is 0 Å². The third kappa shape index (κ3) is 2.98. The fourth-order valence-electron chi connectivity index (χ4n) is 2.53. The second kappa shape index (κ2) is 5.63. The van der Waals surface area contributed by atoms with Crippen LogP contribution in [0, 0.1) is 19.8 Å². The van der Waals surface area contributed by atoms with Gasteiger partial charge >= 0.3 is 0 Å². The van der Waals surface area contributed by atoms with Gasteiger partial charge in [-0.15, -0.1) is 0 Å². The first-order valence-electron chi connectivity index (χ1n) is 6.54. The molecule has 2 rings (SSSR count). The van der Waals surface area contributed by atoms with E-state index in [0.29, 0.717) is 12.5 Å². The fourth-order valence-corrected chi connectivity index (χ4v) is 2.53. The molecule has 98 valence electrons. The summed E-state index contributed by atoms with van der Waals surface area (Å²) in [5.41, 5.74) is 3.00. The Kier molecular flexibility index (Phi) is 4.15. The summed E-state index contributed by atoms with van der Waals surface area (Å²) in [6.45, 7) is 6.45. The Labute approximate surface area is 108 Å². The highest BCUT2D eigenvalue weighted by molar-refractivity contribution is 5.99. The number of ketones is 1. The SMILES string of the molecule is Cc1ccc(C)c(C(=O)CN2CCC(CO)C2)c1. The Morgan fingerprint density at radius 1 is 1.44 bits per heavy atom. The summed E-state index contributed by atoms with van der Waals surface area (Å²) < 4.78 is 0. The number of aryl methyl sites for hydroxylation is 2. The van der Waals surface area contributed by atoms with Crippen LogP contribution in [0.4, 0.5) is 0 Å². The van der Waals surface area contributed by atoms with Gasteiger partial charge in [-0.3, -0.25) is 9.69 Å². The molecule has 1 atom stereocenters. The molecule has 1 aliphatic rings. The molecule has 0 saturated carbocycles. The molecule has 0 aliphatic carbocycles. The second-order valence-electron chi connectivity index (χ2n) is 5.31. The minimum atomic E-state index is 0.190. The van der Waals surface area contributed by atoms with Gasteiger partial charge in [-0.25, -0.2) is 0 Å². The zero-order valence-corrected chi connectivity index (χ0v) is 11.1. The summed E-state index contributed by atoms with van der Waals surface area (Å²) >= 11 is 0. The summed E-state index contributed by atoms with van der Waals surface area (Å²) in [5, 5.41) is 9.10. The van der Waals surface area contributed by atoms with Crippen LogP contribution in [0.2, 0.25) is 0 Å². The van der Waals surface area contributed by atoms with E-state index in [4.69, 9.17) is 5.11 Å². The van der Waals surface area contributed by atoms with E-state index in [1.165, 1.54) is 0 Å². The van der Waals surface area contributed by atoms with Crippen molar-refractivity contribution >= 4 is 5.78 Å². The summed E-state index contributed by atoms with van der Waals surface area (Å²) in [6.07, 6.45) is 0.997. The van der Waals surface area contributed by atoms with E-state index in [-0.39, 0.29) is 12.4 Å². The number of carbonyl (C=O) groups excluding carboxylic acids is 1. The maximum Gasteiger partial charge on any atom is 0.177 e. The molecule has 0 aromatic heterocycles. The zero-order chi connectivity index (χ0) is 13.1. The first kappa shape index (κ1) is 13.2. The number of Topliss-reactive ketones (excluding diaryl/α,β-unsaturated/α-hetero) is 1. The first-order chi connectivity index (χ1) is 8.60. The number of hydrogen-bond donors (Lipinski definition) is 1. The van der Waals surface area contributed by atoms with Crippen molar-refractivity contribution in [1.82, 2.24) is 4.90 Å². The number of likely N-dealkylation sites (tertiary alicyclic amines) is 1. The quantitative estimate of drug-likeness (QED) is 0.825. The number of rotatable bonds is 4. The first-order valence-corrected chi connectivity index (χ1v) is 6.54. The van der Waals surface area contributed by atoms with Crippen molar-refractivity contribution in [3.8, 4) is 0 Å². The molecule has 1 saturated heterocycles. The standard InChI is InChI=1S/C15H21NO2/c1-11-3-4-12(2)14(7-11)15(18)9-16-6-5-13(8-16)10-17/h3-4,7,13,17H,5-6,8-10H2,1-2H3. The van der Waals surface area contributed by atoms with Gasteiger partial charge < -0.3 is 5.11 Å². The molecule has 1 heterocycles. The molecule has 1 fully saturated rings. The Balaban J connectivity index is 2.02. The van der Waals surface area contributed by atoms with E-state index in [1.807, 2.05) is 32.0 Å². The van der Waals surface area contributed by atoms with Gasteiger partial charge in [-0.05, 0) is 44.4 Å². The van der Waals surface area contributed by atoms with Gasteiger partial charge in [-0.1, -0.05) is 17.7 Å². The van der Waals surface area contributed by atoms with E-state index < -0.39 is 0 Å². The molecule has 1 N–H and O–H groups in total. The largest absolute Gasteiger partial charge is 0.396 e. The molecule has 1 unspecified atom stereocenters. The molecule has 0 amide bonds. The van der Waals surface area contributed by atoms with Crippen molar-refractivity contribution in [2.75, 3.05) is 26.2 Å². The van der Waals surface area contributed by atoms with Crippen LogP contribution in [0.1, 0.15) is 27.9 Å².